The van der Waals surface area contributed by atoms with E-state index < -0.39 is 5.82 Å². The highest BCUT2D eigenvalue weighted by atomic mass is 19.1. The molecule has 1 fully saturated rings. The molecule has 0 unspecified atom stereocenters. The van der Waals surface area contributed by atoms with Crippen molar-refractivity contribution in [2.75, 3.05) is 19.6 Å². The topological polar surface area (TPSA) is 68.3 Å². The first-order valence-corrected chi connectivity index (χ1v) is 10.7. The minimum Gasteiger partial charge on any atom is -0.304 e. The van der Waals surface area contributed by atoms with Crippen molar-refractivity contribution in [3.05, 3.63) is 58.2 Å². The van der Waals surface area contributed by atoms with Crippen LogP contribution >= 0.6 is 0 Å². The predicted octanol–water partition coefficient (Wildman–Crippen LogP) is 3.29. The quantitative estimate of drug-likeness (QED) is 0.509. The van der Waals surface area contributed by atoms with E-state index in [-0.39, 0.29) is 5.56 Å². The molecule has 0 amide bonds. The highest BCUT2D eigenvalue weighted by Crippen LogP contribution is 2.28. The van der Waals surface area contributed by atoms with Crippen LogP contribution in [0.5, 0.6) is 0 Å². The minimum absolute atomic E-state index is 0.190. The van der Waals surface area contributed by atoms with Crippen molar-refractivity contribution in [1.29, 1.82) is 0 Å². The Kier molecular flexibility index (Phi) is 4.81. The Balaban J connectivity index is 1.57. The summed E-state index contributed by atoms with van der Waals surface area (Å²) in [4.78, 5) is 24.9. The molecule has 1 saturated heterocycles. The van der Waals surface area contributed by atoms with Crippen LogP contribution in [0.3, 0.4) is 0 Å². The number of benzene rings is 1. The summed E-state index contributed by atoms with van der Waals surface area (Å²) in [7, 11) is 1.75. The Bertz CT molecular complexity index is 1350. The van der Waals surface area contributed by atoms with Gasteiger partial charge in [-0.1, -0.05) is 6.92 Å². The van der Waals surface area contributed by atoms with Gasteiger partial charge in [0.1, 0.15) is 5.52 Å². The maximum atomic E-state index is 14.5. The number of hydrogen-bond acceptors (Lipinski definition) is 5. The van der Waals surface area contributed by atoms with E-state index in [4.69, 9.17) is 4.98 Å². The van der Waals surface area contributed by atoms with Crippen molar-refractivity contribution in [2.45, 2.75) is 32.6 Å². The molecule has 7 nitrogen and oxygen atoms in total. The second-order valence-electron chi connectivity index (χ2n) is 8.33. The van der Waals surface area contributed by atoms with Crippen LogP contribution in [0.1, 0.15) is 37.1 Å². The average Bonchev–Trinajstić information content (AvgIpc) is 3.15. The number of piperidine rings is 1. The fourth-order valence-corrected chi connectivity index (χ4v) is 4.53. The van der Waals surface area contributed by atoms with E-state index in [1.165, 1.54) is 12.1 Å². The van der Waals surface area contributed by atoms with Gasteiger partial charge in [-0.05, 0) is 51.5 Å². The molecule has 5 rings (SSSR count). The van der Waals surface area contributed by atoms with Crippen molar-refractivity contribution in [1.82, 2.24) is 29.0 Å². The highest BCUT2D eigenvalue weighted by Gasteiger charge is 2.22. The summed E-state index contributed by atoms with van der Waals surface area (Å²) in [5.74, 6) is -0.0849. The first kappa shape index (κ1) is 19.8. The maximum Gasteiger partial charge on any atom is 0.258 e. The number of rotatable bonds is 3. The summed E-state index contributed by atoms with van der Waals surface area (Å²) in [6.45, 7) is 7.22. The number of aromatic nitrogens is 5. The molecule has 0 saturated carbocycles. The zero-order chi connectivity index (χ0) is 21.7. The molecular formula is C23H25FN6O. The third-order valence-electron chi connectivity index (χ3n) is 6.26. The second-order valence-corrected chi connectivity index (χ2v) is 8.33. The van der Waals surface area contributed by atoms with E-state index in [1.54, 1.807) is 22.3 Å². The monoisotopic (exact) mass is 420 g/mol. The van der Waals surface area contributed by atoms with E-state index in [0.29, 0.717) is 39.4 Å². The van der Waals surface area contributed by atoms with Gasteiger partial charge < -0.3 is 4.90 Å². The van der Waals surface area contributed by atoms with Gasteiger partial charge in [-0.2, -0.15) is 5.10 Å². The number of halogens is 1. The first-order valence-electron chi connectivity index (χ1n) is 10.7. The van der Waals surface area contributed by atoms with Gasteiger partial charge in [-0.15, -0.1) is 0 Å². The van der Waals surface area contributed by atoms with Crippen molar-refractivity contribution in [3.8, 4) is 11.3 Å². The van der Waals surface area contributed by atoms with Gasteiger partial charge >= 0.3 is 0 Å². The Morgan fingerprint density at radius 3 is 2.65 bits per heavy atom. The van der Waals surface area contributed by atoms with Gasteiger partial charge in [0, 0.05) is 42.4 Å². The van der Waals surface area contributed by atoms with Gasteiger partial charge in [0.15, 0.2) is 11.5 Å². The summed E-state index contributed by atoms with van der Waals surface area (Å²) in [5.41, 5.74) is 3.25. The summed E-state index contributed by atoms with van der Waals surface area (Å²) in [6.07, 6.45) is 5.66. The number of fused-ring (bicyclic) bond motifs is 2. The number of nitrogens with zero attached hydrogens (tertiary/aromatic N) is 6. The van der Waals surface area contributed by atoms with Crippen LogP contribution in [0.25, 0.3) is 27.8 Å². The summed E-state index contributed by atoms with van der Waals surface area (Å²) >= 11 is 0. The van der Waals surface area contributed by atoms with Gasteiger partial charge in [0.05, 0.1) is 17.1 Å². The SMILES string of the molecule is CCN1CCC(c2cn3c(=O)cc(-c4cc(F)c5nn(C)cc5c4)nc3c(C)n2)CC1. The van der Waals surface area contributed by atoms with Gasteiger partial charge in [-0.3, -0.25) is 18.9 Å². The third kappa shape index (κ3) is 3.50. The van der Waals surface area contributed by atoms with Crippen molar-refractivity contribution < 1.29 is 4.39 Å². The van der Waals surface area contributed by atoms with Crippen molar-refractivity contribution in [2.24, 2.45) is 7.05 Å². The molecule has 0 spiro atoms. The largest absolute Gasteiger partial charge is 0.304 e. The maximum absolute atomic E-state index is 14.5. The van der Waals surface area contributed by atoms with Crippen LogP contribution in [-0.4, -0.2) is 48.7 Å². The highest BCUT2D eigenvalue weighted by molar-refractivity contribution is 5.84. The lowest BCUT2D eigenvalue weighted by molar-refractivity contribution is 0.220. The van der Waals surface area contributed by atoms with E-state index in [9.17, 15) is 9.18 Å². The summed E-state index contributed by atoms with van der Waals surface area (Å²) in [6, 6.07) is 4.65. The molecule has 1 aliphatic heterocycles. The normalized spacial score (nSPS) is 15.9. The second kappa shape index (κ2) is 7.53. The molecule has 0 N–H and O–H groups in total. The van der Waals surface area contributed by atoms with Gasteiger partial charge in [0.2, 0.25) is 0 Å². The molecule has 0 bridgehead atoms. The lowest BCUT2D eigenvalue weighted by Crippen LogP contribution is -2.33. The van der Waals surface area contributed by atoms with Gasteiger partial charge in [-0.25, -0.2) is 9.37 Å². The fourth-order valence-electron chi connectivity index (χ4n) is 4.53. The lowest BCUT2D eigenvalue weighted by Gasteiger charge is -2.30. The first-order chi connectivity index (χ1) is 14.9. The molecule has 8 heteroatoms. The smallest absolute Gasteiger partial charge is 0.258 e. The molecule has 0 atom stereocenters. The van der Waals surface area contributed by atoms with Crippen LogP contribution in [-0.2, 0) is 7.05 Å². The number of aryl methyl sites for hydroxylation is 2. The van der Waals surface area contributed by atoms with Crippen LogP contribution in [0.4, 0.5) is 4.39 Å². The molecule has 0 aliphatic carbocycles. The Hall–Kier alpha value is -3.13. The van der Waals surface area contributed by atoms with Crippen LogP contribution < -0.4 is 5.56 Å². The molecule has 160 valence electrons. The molecular weight excluding hydrogens is 395 g/mol. The van der Waals surface area contributed by atoms with Crippen molar-refractivity contribution in [3.63, 3.8) is 0 Å². The molecule has 0 radical (unpaired) electrons. The molecule has 31 heavy (non-hydrogen) atoms. The molecule has 4 aromatic rings. The summed E-state index contributed by atoms with van der Waals surface area (Å²) < 4.78 is 17.7. The molecule has 1 aromatic carbocycles. The van der Waals surface area contributed by atoms with E-state index in [2.05, 4.69) is 21.9 Å². The minimum atomic E-state index is -0.432. The fraction of sp³-hybridized carbons (Fsp3) is 0.391. The summed E-state index contributed by atoms with van der Waals surface area (Å²) in [5, 5.41) is 4.81. The Morgan fingerprint density at radius 1 is 1.13 bits per heavy atom. The lowest BCUT2D eigenvalue weighted by atomic mass is 9.93. The van der Waals surface area contributed by atoms with Gasteiger partial charge in [0.25, 0.3) is 5.56 Å². The van der Waals surface area contributed by atoms with Crippen LogP contribution in [0.2, 0.25) is 0 Å². The standard InChI is InChI=1S/C23H25FN6O/c1-4-29-7-5-15(6-8-29)20-13-30-21(31)11-19(26-23(30)14(2)25-20)16-9-17-12-28(3)27-22(17)18(24)10-16/h9-13,15H,4-8H2,1-3H3. The molecule has 1 aliphatic rings. The number of likely N-dealkylation sites (tertiary alicyclic amines) is 1. The Labute approximate surface area is 179 Å². The van der Waals surface area contributed by atoms with Crippen molar-refractivity contribution >= 4 is 16.6 Å². The van der Waals surface area contributed by atoms with E-state index in [1.807, 2.05) is 19.2 Å². The van der Waals surface area contributed by atoms with Crippen LogP contribution in [0.15, 0.2) is 35.4 Å². The van der Waals surface area contributed by atoms with E-state index >= 15 is 0 Å². The molecule has 3 aromatic heterocycles. The Morgan fingerprint density at radius 2 is 1.90 bits per heavy atom. The zero-order valence-corrected chi connectivity index (χ0v) is 18.0. The van der Waals surface area contributed by atoms with E-state index in [0.717, 1.165) is 38.2 Å². The average molecular weight is 420 g/mol. The predicted molar refractivity (Wildman–Crippen MR) is 118 cm³/mol. The molecule has 4 heterocycles. The third-order valence-corrected chi connectivity index (χ3v) is 6.26. The zero-order valence-electron chi connectivity index (χ0n) is 18.0. The number of hydrogen-bond donors (Lipinski definition) is 0. The van der Waals surface area contributed by atoms with Crippen LogP contribution in [0, 0.1) is 12.7 Å².